The van der Waals surface area contributed by atoms with Crippen molar-refractivity contribution in [2.24, 2.45) is 11.7 Å². The summed E-state index contributed by atoms with van der Waals surface area (Å²) in [6, 6.07) is 9.88. The molecular weight excluding hydrogens is 174 g/mol. The van der Waals surface area contributed by atoms with E-state index in [2.05, 4.69) is 0 Å². The molecule has 0 bridgehead atoms. The van der Waals surface area contributed by atoms with Crippen LogP contribution in [-0.2, 0) is 11.2 Å². The molecule has 0 spiro atoms. The summed E-state index contributed by atoms with van der Waals surface area (Å²) in [5.41, 5.74) is 6.30. The molecule has 2 N–H and O–H groups in total. The largest absolute Gasteiger partial charge is 0.369 e. The van der Waals surface area contributed by atoms with Crippen LogP contribution in [0.3, 0.4) is 0 Å². The van der Waals surface area contributed by atoms with Crippen molar-refractivity contribution in [2.45, 2.75) is 27.2 Å². The fraction of sp³-hybridized carbons (Fsp3) is 0.417. The van der Waals surface area contributed by atoms with Gasteiger partial charge in [0.05, 0.1) is 0 Å². The Kier molecular flexibility index (Phi) is 6.46. The summed E-state index contributed by atoms with van der Waals surface area (Å²) in [6.07, 6.45) is 0.732. The molecule has 1 atom stereocenters. The Hall–Kier alpha value is -1.31. The van der Waals surface area contributed by atoms with Gasteiger partial charge in [0.15, 0.2) is 0 Å². The highest BCUT2D eigenvalue weighted by molar-refractivity contribution is 5.76. The number of benzene rings is 1. The molecule has 0 aliphatic carbocycles. The first-order chi connectivity index (χ1) is 6.70. The van der Waals surface area contributed by atoms with Crippen LogP contribution in [0.25, 0.3) is 0 Å². The van der Waals surface area contributed by atoms with Gasteiger partial charge in [-0.3, -0.25) is 4.79 Å². The highest BCUT2D eigenvalue weighted by atomic mass is 16.1. The third-order valence-electron chi connectivity index (χ3n) is 1.87. The van der Waals surface area contributed by atoms with E-state index in [0.717, 1.165) is 12.0 Å². The zero-order valence-electron chi connectivity index (χ0n) is 9.16. The molecule has 0 saturated heterocycles. The monoisotopic (exact) mass is 193 g/mol. The molecule has 2 heteroatoms. The topological polar surface area (TPSA) is 43.1 Å². The van der Waals surface area contributed by atoms with Gasteiger partial charge in [-0.15, -0.1) is 0 Å². The van der Waals surface area contributed by atoms with E-state index in [1.165, 1.54) is 0 Å². The molecule has 0 heterocycles. The minimum atomic E-state index is -0.237. The maximum Gasteiger partial charge on any atom is 0.220 e. The fourth-order valence-electron chi connectivity index (χ4n) is 1.07. The van der Waals surface area contributed by atoms with E-state index in [9.17, 15) is 4.79 Å². The number of primary amides is 1. The van der Waals surface area contributed by atoms with Gasteiger partial charge < -0.3 is 5.73 Å². The van der Waals surface area contributed by atoms with Gasteiger partial charge in [0, 0.05) is 5.92 Å². The number of nitrogens with two attached hydrogens (primary N) is 1. The first kappa shape index (κ1) is 12.7. The molecular formula is C12H19NO. The van der Waals surface area contributed by atoms with Gasteiger partial charge in [-0.1, -0.05) is 51.1 Å². The second-order valence-electron chi connectivity index (χ2n) is 2.99. The highest BCUT2D eigenvalue weighted by Gasteiger charge is 2.08. The fourth-order valence-corrected chi connectivity index (χ4v) is 1.07. The molecule has 1 rings (SSSR count). The van der Waals surface area contributed by atoms with Crippen molar-refractivity contribution >= 4 is 5.91 Å². The Morgan fingerprint density at radius 2 is 1.79 bits per heavy atom. The van der Waals surface area contributed by atoms with Crippen molar-refractivity contribution in [3.8, 4) is 0 Å². The third-order valence-corrected chi connectivity index (χ3v) is 1.87. The molecule has 1 aromatic carbocycles. The minimum Gasteiger partial charge on any atom is -0.369 e. The number of rotatable bonds is 3. The summed E-state index contributed by atoms with van der Waals surface area (Å²) in [6.45, 7) is 5.84. The van der Waals surface area contributed by atoms with Gasteiger partial charge in [-0.05, 0) is 12.0 Å². The van der Waals surface area contributed by atoms with E-state index in [4.69, 9.17) is 5.73 Å². The second-order valence-corrected chi connectivity index (χ2v) is 2.99. The van der Waals surface area contributed by atoms with Crippen LogP contribution in [-0.4, -0.2) is 5.91 Å². The summed E-state index contributed by atoms with van der Waals surface area (Å²) in [5, 5.41) is 0. The molecule has 0 aromatic heterocycles. The molecule has 0 saturated carbocycles. The second kappa shape index (κ2) is 7.13. The molecule has 14 heavy (non-hydrogen) atoms. The predicted molar refractivity (Wildman–Crippen MR) is 59.9 cm³/mol. The molecule has 0 unspecified atom stereocenters. The quantitative estimate of drug-likeness (QED) is 0.787. The van der Waals surface area contributed by atoms with E-state index in [-0.39, 0.29) is 11.8 Å². The van der Waals surface area contributed by atoms with Crippen molar-refractivity contribution < 1.29 is 4.79 Å². The smallest absolute Gasteiger partial charge is 0.220 e. The van der Waals surface area contributed by atoms with Crippen LogP contribution in [0.4, 0.5) is 0 Å². The van der Waals surface area contributed by atoms with Crippen LogP contribution in [0.5, 0.6) is 0 Å². The van der Waals surface area contributed by atoms with E-state index in [1.807, 2.05) is 51.1 Å². The van der Waals surface area contributed by atoms with Crippen LogP contribution in [0, 0.1) is 5.92 Å². The summed E-state index contributed by atoms with van der Waals surface area (Å²) in [7, 11) is 0. The average molecular weight is 193 g/mol. The van der Waals surface area contributed by atoms with Crippen molar-refractivity contribution in [3.63, 3.8) is 0 Å². The zero-order valence-corrected chi connectivity index (χ0v) is 9.16. The Labute approximate surface area is 86.1 Å². The van der Waals surface area contributed by atoms with Crippen molar-refractivity contribution in [2.75, 3.05) is 0 Å². The summed E-state index contributed by atoms with van der Waals surface area (Å²) >= 11 is 0. The van der Waals surface area contributed by atoms with Crippen LogP contribution in [0.15, 0.2) is 30.3 Å². The van der Waals surface area contributed by atoms with Gasteiger partial charge in [0.2, 0.25) is 5.91 Å². The van der Waals surface area contributed by atoms with Gasteiger partial charge in [-0.25, -0.2) is 0 Å². The van der Waals surface area contributed by atoms with Crippen LogP contribution in [0.2, 0.25) is 0 Å². The summed E-state index contributed by atoms with van der Waals surface area (Å²) in [5.74, 6) is -0.314. The lowest BCUT2D eigenvalue weighted by molar-refractivity contribution is -0.121. The van der Waals surface area contributed by atoms with Crippen molar-refractivity contribution in [1.82, 2.24) is 0 Å². The number of carbonyl (C=O) groups excluding carboxylic acids is 1. The van der Waals surface area contributed by atoms with E-state index in [1.54, 1.807) is 0 Å². The van der Waals surface area contributed by atoms with Crippen LogP contribution >= 0.6 is 0 Å². The first-order valence-corrected chi connectivity index (χ1v) is 5.03. The Morgan fingerprint density at radius 1 is 1.29 bits per heavy atom. The third kappa shape index (κ3) is 4.65. The highest BCUT2D eigenvalue weighted by Crippen LogP contribution is 2.06. The lowest BCUT2D eigenvalue weighted by Crippen LogP contribution is -2.22. The van der Waals surface area contributed by atoms with Gasteiger partial charge >= 0.3 is 0 Å². The molecule has 1 aromatic rings. The number of hydrogen-bond acceptors (Lipinski definition) is 1. The maximum atomic E-state index is 10.7. The van der Waals surface area contributed by atoms with E-state index < -0.39 is 0 Å². The number of hydrogen-bond donors (Lipinski definition) is 1. The zero-order chi connectivity index (χ0) is 11.0. The molecule has 0 fully saturated rings. The molecule has 78 valence electrons. The van der Waals surface area contributed by atoms with Crippen molar-refractivity contribution in [3.05, 3.63) is 35.9 Å². The SMILES string of the molecule is CC.C[C@H](Cc1ccccc1)C(N)=O. The molecule has 2 nitrogen and oxygen atoms in total. The van der Waals surface area contributed by atoms with Gasteiger partial charge in [0.25, 0.3) is 0 Å². The summed E-state index contributed by atoms with van der Waals surface area (Å²) < 4.78 is 0. The number of carbonyl (C=O) groups is 1. The number of amides is 1. The molecule has 1 amide bonds. The Morgan fingerprint density at radius 3 is 2.21 bits per heavy atom. The van der Waals surface area contributed by atoms with Gasteiger partial charge in [-0.2, -0.15) is 0 Å². The van der Waals surface area contributed by atoms with Crippen molar-refractivity contribution in [1.29, 1.82) is 0 Å². The summed E-state index contributed by atoms with van der Waals surface area (Å²) in [4.78, 5) is 10.7. The minimum absolute atomic E-state index is 0.0765. The average Bonchev–Trinajstić information content (AvgIpc) is 2.22. The molecule has 0 aliphatic heterocycles. The lowest BCUT2D eigenvalue weighted by atomic mass is 10.0. The Bertz CT molecular complexity index is 256. The first-order valence-electron chi connectivity index (χ1n) is 5.03. The maximum absolute atomic E-state index is 10.7. The van der Waals surface area contributed by atoms with E-state index >= 15 is 0 Å². The molecule has 0 aliphatic rings. The van der Waals surface area contributed by atoms with Crippen LogP contribution in [0.1, 0.15) is 26.3 Å². The molecule has 0 radical (unpaired) electrons. The predicted octanol–water partition coefficient (Wildman–Crippen LogP) is 2.38. The standard InChI is InChI=1S/C10H13NO.C2H6/c1-8(10(11)12)7-9-5-3-2-4-6-9;1-2/h2-6,8H,7H2,1H3,(H2,11,12);1-2H3/t8-;/m1./s1. The lowest BCUT2D eigenvalue weighted by Gasteiger charge is -2.05. The van der Waals surface area contributed by atoms with Gasteiger partial charge in [0.1, 0.15) is 0 Å². The van der Waals surface area contributed by atoms with E-state index in [0.29, 0.717) is 0 Å². The normalized spacial score (nSPS) is 11.1. The van der Waals surface area contributed by atoms with Crippen LogP contribution < -0.4 is 5.73 Å². The Balaban J connectivity index is 0.000000791.